The van der Waals surface area contributed by atoms with Gasteiger partial charge in [0.05, 0.1) is 6.61 Å². The van der Waals surface area contributed by atoms with Gasteiger partial charge in [0.1, 0.15) is 11.6 Å². The highest BCUT2D eigenvalue weighted by Gasteiger charge is 2.47. The Balaban J connectivity index is 2.16. The van der Waals surface area contributed by atoms with Gasteiger partial charge in [-0.1, -0.05) is 0 Å². The van der Waals surface area contributed by atoms with Crippen molar-refractivity contribution in [3.05, 3.63) is 29.6 Å². The summed E-state index contributed by atoms with van der Waals surface area (Å²) in [5, 5.41) is 0. The summed E-state index contributed by atoms with van der Waals surface area (Å²) in [4.78, 5) is 0. The molecular weight excluding hydrogens is 167 g/mol. The van der Waals surface area contributed by atoms with E-state index < -0.39 is 0 Å². The topological polar surface area (TPSA) is 9.23 Å². The molecule has 0 bridgehead atoms. The van der Waals surface area contributed by atoms with Crippen molar-refractivity contribution in [1.82, 2.24) is 0 Å². The summed E-state index contributed by atoms with van der Waals surface area (Å²) in [6.45, 7) is 0.790. The van der Waals surface area contributed by atoms with Crippen LogP contribution in [0.2, 0.25) is 0 Å². The van der Waals surface area contributed by atoms with Crippen molar-refractivity contribution in [3.8, 4) is 5.75 Å². The molecule has 68 valence electrons. The molecule has 0 unspecified atom stereocenters. The molecular formula is C11H11FO. The van der Waals surface area contributed by atoms with E-state index in [2.05, 4.69) is 0 Å². The van der Waals surface area contributed by atoms with E-state index in [0.717, 1.165) is 24.3 Å². The molecule has 1 aromatic carbocycles. The van der Waals surface area contributed by atoms with Gasteiger partial charge in [0.2, 0.25) is 0 Å². The first-order valence-electron chi connectivity index (χ1n) is 4.73. The molecule has 1 saturated carbocycles. The number of ether oxygens (including phenoxy) is 1. The second-order valence-corrected chi connectivity index (χ2v) is 4.02. The van der Waals surface area contributed by atoms with Crippen LogP contribution in [0.25, 0.3) is 0 Å². The zero-order valence-corrected chi connectivity index (χ0v) is 7.35. The smallest absolute Gasteiger partial charge is 0.123 e. The van der Waals surface area contributed by atoms with Crippen LogP contribution in [-0.4, -0.2) is 6.61 Å². The summed E-state index contributed by atoms with van der Waals surface area (Å²) >= 11 is 0. The molecule has 0 radical (unpaired) electrons. The van der Waals surface area contributed by atoms with E-state index >= 15 is 0 Å². The minimum atomic E-state index is -0.143. The molecule has 3 rings (SSSR count). The average Bonchev–Trinajstić information content (AvgIpc) is 2.88. The predicted molar refractivity (Wildman–Crippen MR) is 47.4 cm³/mol. The fourth-order valence-electron chi connectivity index (χ4n) is 2.20. The molecule has 2 heteroatoms. The predicted octanol–water partition coefficient (Wildman–Crippen LogP) is 2.64. The van der Waals surface area contributed by atoms with Gasteiger partial charge >= 0.3 is 0 Å². The lowest BCUT2D eigenvalue weighted by Crippen LogP contribution is -2.19. The van der Waals surface area contributed by atoms with Crippen molar-refractivity contribution in [3.63, 3.8) is 0 Å². The first-order valence-corrected chi connectivity index (χ1v) is 4.73. The lowest BCUT2D eigenvalue weighted by molar-refractivity contribution is 0.259. The fourth-order valence-corrected chi connectivity index (χ4v) is 2.20. The minimum Gasteiger partial charge on any atom is -0.493 e. The molecule has 1 aliphatic heterocycles. The van der Waals surface area contributed by atoms with Crippen LogP contribution in [-0.2, 0) is 5.41 Å². The van der Waals surface area contributed by atoms with Gasteiger partial charge in [-0.3, -0.25) is 0 Å². The molecule has 0 atom stereocenters. The van der Waals surface area contributed by atoms with E-state index in [4.69, 9.17) is 4.74 Å². The molecule has 0 aromatic heterocycles. The third-order valence-electron chi connectivity index (χ3n) is 3.20. The van der Waals surface area contributed by atoms with E-state index in [0.29, 0.717) is 0 Å². The molecule has 13 heavy (non-hydrogen) atoms. The Morgan fingerprint density at radius 2 is 2.08 bits per heavy atom. The maximum absolute atomic E-state index is 13.0. The summed E-state index contributed by atoms with van der Waals surface area (Å²) in [6, 6.07) is 4.87. The largest absolute Gasteiger partial charge is 0.493 e. The Kier molecular flexibility index (Phi) is 1.27. The Hall–Kier alpha value is -1.05. The van der Waals surface area contributed by atoms with Gasteiger partial charge in [0.15, 0.2) is 0 Å². The Labute approximate surface area is 76.5 Å². The summed E-state index contributed by atoms with van der Waals surface area (Å²) < 4.78 is 18.5. The van der Waals surface area contributed by atoms with Crippen LogP contribution in [0.3, 0.4) is 0 Å². The van der Waals surface area contributed by atoms with Crippen LogP contribution in [0.15, 0.2) is 18.2 Å². The Bertz CT molecular complexity index is 355. The highest BCUT2D eigenvalue weighted by molar-refractivity contribution is 5.45. The van der Waals surface area contributed by atoms with E-state index in [1.807, 2.05) is 0 Å². The van der Waals surface area contributed by atoms with Crippen molar-refractivity contribution in [2.45, 2.75) is 24.7 Å². The summed E-state index contributed by atoms with van der Waals surface area (Å²) in [6.07, 6.45) is 3.46. The highest BCUT2D eigenvalue weighted by Crippen LogP contribution is 2.55. The van der Waals surface area contributed by atoms with Gasteiger partial charge in [0.25, 0.3) is 0 Å². The first-order chi connectivity index (χ1) is 6.30. The third kappa shape index (κ3) is 0.978. The van der Waals surface area contributed by atoms with Gasteiger partial charge in [-0.05, 0) is 37.5 Å². The second-order valence-electron chi connectivity index (χ2n) is 4.02. The molecule has 1 spiro atoms. The Morgan fingerprint density at radius 1 is 1.23 bits per heavy atom. The summed E-state index contributed by atoms with van der Waals surface area (Å²) in [5.41, 5.74) is 1.38. The van der Waals surface area contributed by atoms with E-state index in [1.54, 1.807) is 12.1 Å². The minimum absolute atomic E-state index is 0.143. The lowest BCUT2D eigenvalue weighted by Gasteiger charge is -2.25. The SMILES string of the molecule is Fc1ccc2c(c1)C1(CCO2)CC1. The fraction of sp³-hybridized carbons (Fsp3) is 0.455. The number of hydrogen-bond donors (Lipinski definition) is 0. The van der Waals surface area contributed by atoms with Crippen molar-refractivity contribution in [1.29, 1.82) is 0 Å². The molecule has 1 fully saturated rings. The molecule has 1 nitrogen and oxygen atoms in total. The molecule has 0 amide bonds. The zero-order chi connectivity index (χ0) is 8.89. The van der Waals surface area contributed by atoms with Crippen LogP contribution in [0.1, 0.15) is 24.8 Å². The normalized spacial score (nSPS) is 22.2. The van der Waals surface area contributed by atoms with Gasteiger partial charge in [-0.15, -0.1) is 0 Å². The van der Waals surface area contributed by atoms with Crippen molar-refractivity contribution >= 4 is 0 Å². The molecule has 1 heterocycles. The van der Waals surface area contributed by atoms with Crippen LogP contribution in [0.5, 0.6) is 5.75 Å². The summed E-state index contributed by atoms with van der Waals surface area (Å²) in [7, 11) is 0. The summed E-state index contributed by atoms with van der Waals surface area (Å²) in [5.74, 6) is 0.751. The number of benzene rings is 1. The molecule has 0 saturated heterocycles. The van der Waals surface area contributed by atoms with Crippen molar-refractivity contribution in [2.24, 2.45) is 0 Å². The van der Waals surface area contributed by atoms with Gasteiger partial charge in [0, 0.05) is 11.0 Å². The molecule has 1 aliphatic carbocycles. The number of halogens is 1. The lowest BCUT2D eigenvalue weighted by atomic mass is 9.90. The Morgan fingerprint density at radius 3 is 2.85 bits per heavy atom. The number of fused-ring (bicyclic) bond motifs is 2. The van der Waals surface area contributed by atoms with E-state index in [-0.39, 0.29) is 11.2 Å². The number of rotatable bonds is 0. The van der Waals surface area contributed by atoms with Gasteiger partial charge < -0.3 is 4.74 Å². The standard InChI is InChI=1S/C11H11FO/c12-8-1-2-10-9(7-8)11(3-4-11)5-6-13-10/h1-2,7H,3-6H2. The van der Waals surface area contributed by atoms with E-state index in [9.17, 15) is 4.39 Å². The van der Waals surface area contributed by atoms with Crippen LogP contribution in [0.4, 0.5) is 4.39 Å². The maximum Gasteiger partial charge on any atom is 0.123 e. The highest BCUT2D eigenvalue weighted by atomic mass is 19.1. The third-order valence-corrected chi connectivity index (χ3v) is 3.20. The monoisotopic (exact) mass is 178 g/mol. The van der Waals surface area contributed by atoms with Crippen molar-refractivity contribution < 1.29 is 9.13 Å². The average molecular weight is 178 g/mol. The zero-order valence-electron chi connectivity index (χ0n) is 7.35. The van der Waals surface area contributed by atoms with E-state index in [1.165, 1.54) is 18.9 Å². The quantitative estimate of drug-likeness (QED) is 0.593. The maximum atomic E-state index is 13.0. The molecule has 2 aliphatic rings. The van der Waals surface area contributed by atoms with Crippen molar-refractivity contribution in [2.75, 3.05) is 6.61 Å². The number of hydrogen-bond acceptors (Lipinski definition) is 1. The molecule has 1 aromatic rings. The van der Waals surface area contributed by atoms with Crippen LogP contribution >= 0.6 is 0 Å². The van der Waals surface area contributed by atoms with Crippen LogP contribution in [0, 0.1) is 5.82 Å². The first kappa shape index (κ1) is 7.36. The van der Waals surface area contributed by atoms with Crippen LogP contribution < -0.4 is 4.74 Å². The van der Waals surface area contributed by atoms with Gasteiger partial charge in [-0.25, -0.2) is 4.39 Å². The molecule has 0 N–H and O–H groups in total. The van der Waals surface area contributed by atoms with Gasteiger partial charge in [-0.2, -0.15) is 0 Å². The second kappa shape index (κ2) is 2.25.